The second kappa shape index (κ2) is 1.98. The molecule has 0 bridgehead atoms. The Morgan fingerprint density at radius 2 is 2.71 bits per heavy atom. The zero-order valence-electron chi connectivity index (χ0n) is 4.13. The van der Waals surface area contributed by atoms with Crippen molar-refractivity contribution in [2.45, 2.75) is 4.05 Å². The van der Waals surface area contributed by atoms with Gasteiger partial charge in [0.2, 0.25) is 0 Å². The summed E-state index contributed by atoms with van der Waals surface area (Å²) in [6, 6.07) is 0. The Morgan fingerprint density at radius 3 is 2.86 bits per heavy atom. The van der Waals surface area contributed by atoms with Crippen molar-refractivity contribution in [3.05, 3.63) is 0 Å². The topological polar surface area (TPSA) is 15.6 Å². The zero-order valence-corrected chi connectivity index (χ0v) is 6.29. The highest BCUT2D eigenvalue weighted by Crippen LogP contribution is 2.07. The van der Waals surface area contributed by atoms with Gasteiger partial charge in [-0.25, -0.2) is 0 Å². The van der Waals surface area contributed by atoms with Gasteiger partial charge in [-0.2, -0.15) is 0 Å². The number of hydrogen-bond acceptors (Lipinski definition) is 2. The molecule has 0 aromatic rings. The predicted molar refractivity (Wildman–Crippen MR) is 38.9 cm³/mol. The Morgan fingerprint density at radius 1 is 2.00 bits per heavy atom. The van der Waals surface area contributed by atoms with E-state index in [1.54, 1.807) is 0 Å². The van der Waals surface area contributed by atoms with Crippen LogP contribution >= 0.6 is 22.6 Å². The maximum absolute atomic E-state index is 4.10. The molecule has 1 atom stereocenters. The van der Waals surface area contributed by atoms with Gasteiger partial charge in [-0.05, 0) is 0 Å². The van der Waals surface area contributed by atoms with Gasteiger partial charge in [-0.3, -0.25) is 4.99 Å². The predicted octanol–water partition coefficient (Wildman–Crippen LogP) is 0.721. The van der Waals surface area contributed by atoms with E-state index in [0.717, 1.165) is 6.54 Å². The van der Waals surface area contributed by atoms with Crippen molar-refractivity contribution < 1.29 is 0 Å². The van der Waals surface area contributed by atoms with E-state index in [1.165, 1.54) is 0 Å². The SMILES string of the molecule is CN1C=NC(I)C1. The highest BCUT2D eigenvalue weighted by Gasteiger charge is 2.07. The fourth-order valence-electron chi connectivity index (χ4n) is 0.518. The fraction of sp³-hybridized carbons (Fsp3) is 0.750. The third kappa shape index (κ3) is 1.29. The molecule has 0 saturated carbocycles. The Balaban J connectivity index is 2.42. The lowest BCUT2D eigenvalue weighted by Crippen LogP contribution is -2.14. The third-order valence-corrected chi connectivity index (χ3v) is 1.58. The van der Waals surface area contributed by atoms with Crippen molar-refractivity contribution >= 4 is 28.9 Å². The molecule has 2 nitrogen and oxygen atoms in total. The van der Waals surface area contributed by atoms with Crippen LogP contribution in [0.3, 0.4) is 0 Å². The van der Waals surface area contributed by atoms with E-state index >= 15 is 0 Å². The lowest BCUT2D eigenvalue weighted by Gasteiger charge is -2.02. The summed E-state index contributed by atoms with van der Waals surface area (Å²) < 4.78 is 0.489. The van der Waals surface area contributed by atoms with Crippen molar-refractivity contribution in [1.29, 1.82) is 0 Å². The molecule has 0 aliphatic carbocycles. The lowest BCUT2D eigenvalue weighted by atomic mass is 10.6. The number of likely N-dealkylation sites (N-methyl/N-ethyl adjacent to an activating group) is 1. The van der Waals surface area contributed by atoms with Crippen LogP contribution in [-0.4, -0.2) is 28.9 Å². The summed E-state index contributed by atoms with van der Waals surface area (Å²) >= 11 is 2.31. The lowest BCUT2D eigenvalue weighted by molar-refractivity contribution is 0.562. The first-order valence-electron chi connectivity index (χ1n) is 2.16. The highest BCUT2D eigenvalue weighted by molar-refractivity contribution is 14.1. The van der Waals surface area contributed by atoms with Gasteiger partial charge in [0.15, 0.2) is 0 Å². The van der Waals surface area contributed by atoms with E-state index in [2.05, 4.69) is 32.5 Å². The summed E-state index contributed by atoms with van der Waals surface area (Å²) in [5.74, 6) is 0. The number of alkyl halides is 1. The smallest absolute Gasteiger partial charge is 0.120 e. The molecule has 1 rings (SSSR count). The molecule has 1 aliphatic heterocycles. The van der Waals surface area contributed by atoms with Crippen molar-refractivity contribution in [1.82, 2.24) is 4.90 Å². The molecule has 0 radical (unpaired) electrons. The summed E-state index contributed by atoms with van der Waals surface area (Å²) in [6.07, 6.45) is 1.87. The molecule has 0 aromatic heterocycles. The summed E-state index contributed by atoms with van der Waals surface area (Å²) in [5, 5.41) is 0. The van der Waals surface area contributed by atoms with Gasteiger partial charge in [0.1, 0.15) is 4.05 Å². The Kier molecular flexibility index (Phi) is 1.51. The van der Waals surface area contributed by atoms with Crippen LogP contribution in [0, 0.1) is 0 Å². The first kappa shape index (κ1) is 5.34. The van der Waals surface area contributed by atoms with Crippen LogP contribution in [0.4, 0.5) is 0 Å². The second-order valence-electron chi connectivity index (χ2n) is 1.64. The number of aliphatic imine (C=N–C) groups is 1. The monoisotopic (exact) mass is 210 g/mol. The quantitative estimate of drug-likeness (QED) is 0.326. The van der Waals surface area contributed by atoms with Crippen molar-refractivity contribution in [3.8, 4) is 0 Å². The van der Waals surface area contributed by atoms with Gasteiger partial charge in [0, 0.05) is 7.05 Å². The van der Waals surface area contributed by atoms with Gasteiger partial charge in [-0.15, -0.1) is 0 Å². The molecule has 0 aromatic carbocycles. The summed E-state index contributed by atoms with van der Waals surface area (Å²) in [6.45, 7) is 1.07. The van der Waals surface area contributed by atoms with Crippen LogP contribution in [0.1, 0.15) is 0 Å². The molecule has 0 fully saturated rings. The van der Waals surface area contributed by atoms with E-state index in [0.29, 0.717) is 4.05 Å². The number of halogens is 1. The number of rotatable bonds is 0. The minimum absolute atomic E-state index is 0.489. The molecular formula is C4H7IN2. The van der Waals surface area contributed by atoms with Gasteiger partial charge in [0.05, 0.1) is 12.9 Å². The van der Waals surface area contributed by atoms with Crippen LogP contribution in [0.2, 0.25) is 0 Å². The number of hydrogen-bond donors (Lipinski definition) is 0. The summed E-state index contributed by atoms with van der Waals surface area (Å²) in [5.41, 5.74) is 0. The van der Waals surface area contributed by atoms with E-state index in [9.17, 15) is 0 Å². The fourth-order valence-corrected chi connectivity index (χ4v) is 1.28. The average Bonchev–Trinajstić information content (AvgIpc) is 1.87. The largest absolute Gasteiger partial charge is 0.363 e. The van der Waals surface area contributed by atoms with Crippen LogP contribution in [0.25, 0.3) is 0 Å². The molecule has 40 valence electrons. The molecule has 7 heavy (non-hydrogen) atoms. The Hall–Kier alpha value is 0.200. The molecule has 0 spiro atoms. The first-order valence-corrected chi connectivity index (χ1v) is 3.41. The normalized spacial score (nSPS) is 29.4. The molecule has 0 amide bonds. The van der Waals surface area contributed by atoms with Gasteiger partial charge in [0.25, 0.3) is 0 Å². The van der Waals surface area contributed by atoms with Gasteiger partial charge in [-0.1, -0.05) is 22.6 Å². The maximum atomic E-state index is 4.10. The first-order chi connectivity index (χ1) is 3.29. The molecule has 3 heteroatoms. The summed E-state index contributed by atoms with van der Waals surface area (Å²) in [4.78, 5) is 6.19. The Labute approximate surface area is 56.7 Å². The van der Waals surface area contributed by atoms with Crippen LogP contribution in [0.15, 0.2) is 4.99 Å². The average molecular weight is 210 g/mol. The standard InChI is InChI=1S/C4H7IN2/c1-7-2-4(5)6-3-7/h3-4H,2H2,1H3. The van der Waals surface area contributed by atoms with Crippen LogP contribution < -0.4 is 0 Å². The zero-order chi connectivity index (χ0) is 5.28. The highest BCUT2D eigenvalue weighted by atomic mass is 127. The van der Waals surface area contributed by atoms with E-state index in [1.807, 2.05) is 13.4 Å². The molecule has 1 aliphatic rings. The maximum Gasteiger partial charge on any atom is 0.120 e. The molecule has 0 N–H and O–H groups in total. The van der Waals surface area contributed by atoms with E-state index < -0.39 is 0 Å². The third-order valence-electron chi connectivity index (χ3n) is 0.864. The molecule has 1 unspecified atom stereocenters. The van der Waals surface area contributed by atoms with Crippen LogP contribution in [-0.2, 0) is 0 Å². The van der Waals surface area contributed by atoms with Gasteiger partial charge >= 0.3 is 0 Å². The minimum atomic E-state index is 0.489. The van der Waals surface area contributed by atoms with Gasteiger partial charge < -0.3 is 4.90 Å². The molecule has 0 saturated heterocycles. The van der Waals surface area contributed by atoms with Crippen LogP contribution in [0.5, 0.6) is 0 Å². The minimum Gasteiger partial charge on any atom is -0.363 e. The van der Waals surface area contributed by atoms with Crippen molar-refractivity contribution in [3.63, 3.8) is 0 Å². The van der Waals surface area contributed by atoms with Crippen molar-refractivity contribution in [2.75, 3.05) is 13.6 Å². The second-order valence-corrected chi connectivity index (χ2v) is 3.08. The van der Waals surface area contributed by atoms with E-state index in [4.69, 9.17) is 0 Å². The summed E-state index contributed by atoms with van der Waals surface area (Å²) in [7, 11) is 2.03. The molecular weight excluding hydrogens is 203 g/mol. The number of nitrogens with zero attached hydrogens (tertiary/aromatic N) is 2. The van der Waals surface area contributed by atoms with Crippen molar-refractivity contribution in [2.24, 2.45) is 4.99 Å². The molecule has 1 heterocycles. The van der Waals surface area contributed by atoms with E-state index in [-0.39, 0.29) is 0 Å². The Bertz CT molecular complexity index is 81.7.